The lowest BCUT2D eigenvalue weighted by atomic mass is 9.98. The molecule has 1 amide bonds. The topological polar surface area (TPSA) is 81.7 Å². The third-order valence-corrected chi connectivity index (χ3v) is 7.00. The quantitative estimate of drug-likeness (QED) is 0.748. The van der Waals surface area contributed by atoms with Crippen molar-refractivity contribution in [2.45, 2.75) is 29.6 Å². The summed E-state index contributed by atoms with van der Waals surface area (Å²) >= 11 is 0. The van der Waals surface area contributed by atoms with E-state index in [4.69, 9.17) is 4.74 Å². The summed E-state index contributed by atoms with van der Waals surface area (Å²) in [4.78, 5) is 11.9. The molecule has 0 bridgehead atoms. The summed E-state index contributed by atoms with van der Waals surface area (Å²) in [6, 6.07) is 10.4. The Labute approximate surface area is 166 Å². The third-order valence-electron chi connectivity index (χ3n) is 5.11. The van der Waals surface area contributed by atoms with Crippen molar-refractivity contribution >= 4 is 16.3 Å². The second-order valence-electron chi connectivity index (χ2n) is 6.98. The molecule has 1 unspecified atom stereocenters. The average molecular weight is 426 g/mol. The molecular weight excluding hydrogens is 409 g/mol. The molecule has 1 saturated heterocycles. The smallest absolute Gasteiger partial charge is 0.416 e. The van der Waals surface area contributed by atoms with Crippen LogP contribution in [0.3, 0.4) is 0 Å². The van der Waals surface area contributed by atoms with E-state index < -0.39 is 32.8 Å². The standard InChI is InChI=1S/C19H17F3N2O4S/c20-19(21,22)13-4-3-5-14(12-13)29(26,27)24-10-8-18(9-11-24)23-17(25)15-6-1-2-7-16(15)28-18/h1-7,12H,8-11H2,(H-,23,25,26,27). The molecule has 29 heavy (non-hydrogen) atoms. The molecule has 2 heterocycles. The van der Waals surface area contributed by atoms with E-state index in [1.807, 2.05) is 0 Å². The first-order chi connectivity index (χ1) is 13.6. The molecule has 1 spiro atoms. The predicted octanol–water partition coefficient (Wildman–Crippen LogP) is 3.22. The van der Waals surface area contributed by atoms with Gasteiger partial charge in [0.05, 0.1) is 24.2 Å². The summed E-state index contributed by atoms with van der Waals surface area (Å²) in [7, 11) is -4.11. The van der Waals surface area contributed by atoms with Gasteiger partial charge in [0.15, 0.2) is 21.0 Å². The fourth-order valence-corrected chi connectivity index (χ4v) is 5.04. The van der Waals surface area contributed by atoms with E-state index in [2.05, 4.69) is 5.32 Å². The van der Waals surface area contributed by atoms with Crippen molar-refractivity contribution in [3.05, 3.63) is 59.7 Å². The number of hydrogen-bond donors (Lipinski definition) is 1. The van der Waals surface area contributed by atoms with Crippen LogP contribution in [0.2, 0.25) is 0 Å². The third kappa shape index (κ3) is 3.63. The molecule has 1 atom stereocenters. The number of alkyl halides is 3. The number of hydrogen-bond acceptors (Lipinski definition) is 4. The van der Waals surface area contributed by atoms with E-state index in [1.54, 1.807) is 24.3 Å². The Balaban J connectivity index is 1.53. The van der Waals surface area contributed by atoms with Crippen LogP contribution < -0.4 is 10.1 Å². The van der Waals surface area contributed by atoms with E-state index in [1.165, 1.54) is 0 Å². The molecule has 0 aliphatic carbocycles. The normalized spacial score (nSPS) is 21.0. The fourth-order valence-electron chi connectivity index (χ4n) is 3.55. The number of carbonyl (C=O) groups is 1. The number of rotatable bonds is 2. The highest BCUT2D eigenvalue weighted by atomic mass is 32.3. The Morgan fingerprint density at radius 2 is 1.79 bits per heavy atom. The van der Waals surface area contributed by atoms with Gasteiger partial charge in [-0.15, -0.1) is 4.31 Å². The lowest BCUT2D eigenvalue weighted by Gasteiger charge is -2.44. The van der Waals surface area contributed by atoms with Crippen LogP contribution in [0.1, 0.15) is 28.8 Å². The van der Waals surface area contributed by atoms with Gasteiger partial charge < -0.3 is 14.6 Å². The van der Waals surface area contributed by atoms with Crippen LogP contribution in [0, 0.1) is 0 Å². The highest BCUT2D eigenvalue weighted by Gasteiger charge is 2.46. The van der Waals surface area contributed by atoms with Crippen LogP contribution in [0.4, 0.5) is 13.2 Å². The maximum absolute atomic E-state index is 12.9. The lowest BCUT2D eigenvalue weighted by molar-refractivity contribution is -0.137. The van der Waals surface area contributed by atoms with Crippen LogP contribution >= 0.6 is 0 Å². The minimum Gasteiger partial charge on any atom is -0.593 e. The van der Waals surface area contributed by atoms with Crippen molar-refractivity contribution in [1.82, 2.24) is 9.62 Å². The molecule has 154 valence electrons. The molecule has 1 fully saturated rings. The summed E-state index contributed by atoms with van der Waals surface area (Å²) < 4.78 is 71.5. The fraction of sp³-hybridized carbons (Fsp3) is 0.316. The van der Waals surface area contributed by atoms with Crippen LogP contribution in [0.25, 0.3) is 0 Å². The van der Waals surface area contributed by atoms with E-state index in [9.17, 15) is 26.7 Å². The first-order valence-electron chi connectivity index (χ1n) is 8.89. The highest BCUT2D eigenvalue weighted by molar-refractivity contribution is 7.95. The lowest BCUT2D eigenvalue weighted by Crippen LogP contribution is -2.62. The molecule has 2 aliphatic rings. The van der Waals surface area contributed by atoms with Crippen molar-refractivity contribution < 1.29 is 31.5 Å². The minimum atomic E-state index is -4.63. The average Bonchev–Trinajstić information content (AvgIpc) is 2.68. The number of sulfonamides is 1. The predicted molar refractivity (Wildman–Crippen MR) is 96.6 cm³/mol. The maximum Gasteiger partial charge on any atom is 0.416 e. The second-order valence-corrected chi connectivity index (χ2v) is 8.91. The Morgan fingerprint density at radius 3 is 2.48 bits per heavy atom. The zero-order valence-electron chi connectivity index (χ0n) is 15.1. The second kappa shape index (κ2) is 6.82. The summed E-state index contributed by atoms with van der Waals surface area (Å²) in [5.74, 6) is 0.117. The minimum absolute atomic E-state index is 0.00102. The molecule has 2 aromatic carbocycles. The number of nitrogens with zero attached hydrogens (tertiary/aromatic N) is 1. The van der Waals surface area contributed by atoms with Gasteiger partial charge >= 0.3 is 6.18 Å². The maximum atomic E-state index is 12.9. The number of amides is 1. The van der Waals surface area contributed by atoms with Crippen molar-refractivity contribution in [1.29, 1.82) is 0 Å². The summed E-state index contributed by atoms with van der Waals surface area (Å²) in [5.41, 5.74) is -1.66. The monoisotopic (exact) mass is 426 g/mol. The zero-order valence-corrected chi connectivity index (χ0v) is 15.9. The van der Waals surface area contributed by atoms with Gasteiger partial charge in [0.2, 0.25) is 0 Å². The van der Waals surface area contributed by atoms with Crippen LogP contribution in [-0.2, 0) is 20.8 Å². The Morgan fingerprint density at radius 1 is 1.10 bits per heavy atom. The SMILES string of the molecule is O=C1NC2(CCN([S+](=O)([O-])c3cccc(C(F)(F)F)c3)CC2)Oc2ccccc21. The van der Waals surface area contributed by atoms with Crippen LogP contribution in [0.15, 0.2) is 53.4 Å². The number of halogens is 3. The van der Waals surface area contributed by atoms with Crippen LogP contribution in [0.5, 0.6) is 5.75 Å². The van der Waals surface area contributed by atoms with Gasteiger partial charge in [-0.05, 0) is 24.3 Å². The molecule has 0 saturated carbocycles. The Hall–Kier alpha value is -2.43. The number of piperidine rings is 1. The van der Waals surface area contributed by atoms with E-state index in [-0.39, 0.29) is 31.8 Å². The van der Waals surface area contributed by atoms with Gasteiger partial charge in [-0.25, -0.2) is 0 Å². The summed E-state index contributed by atoms with van der Waals surface area (Å²) in [6.07, 6.45) is -4.29. The van der Waals surface area contributed by atoms with Crippen molar-refractivity contribution in [2.24, 2.45) is 0 Å². The number of ether oxygens (including phenoxy) is 1. The Bertz CT molecular complexity index is 1000. The van der Waals surface area contributed by atoms with Gasteiger partial charge in [-0.2, -0.15) is 13.2 Å². The molecule has 2 aliphatic heterocycles. The molecular formula is C19H17F3N2O4S. The van der Waals surface area contributed by atoms with Crippen LogP contribution in [-0.4, -0.2) is 33.6 Å². The molecule has 4 rings (SSSR count). The van der Waals surface area contributed by atoms with E-state index in [0.29, 0.717) is 17.4 Å². The number of fused-ring (bicyclic) bond motifs is 1. The molecule has 10 heteroatoms. The van der Waals surface area contributed by atoms with Crippen molar-refractivity contribution in [2.75, 3.05) is 13.1 Å². The van der Waals surface area contributed by atoms with E-state index >= 15 is 0 Å². The summed E-state index contributed by atoms with van der Waals surface area (Å²) in [6.45, 7) is 0.00204. The molecule has 2 aromatic rings. The first kappa shape index (κ1) is 19.9. The highest BCUT2D eigenvalue weighted by Crippen LogP contribution is 2.37. The van der Waals surface area contributed by atoms with Gasteiger partial charge in [0, 0.05) is 18.9 Å². The first-order valence-corrected chi connectivity index (χ1v) is 10.3. The molecule has 1 N–H and O–H groups in total. The van der Waals surface area contributed by atoms with Gasteiger partial charge in [0.1, 0.15) is 5.75 Å². The van der Waals surface area contributed by atoms with Gasteiger partial charge in [-0.1, -0.05) is 22.4 Å². The van der Waals surface area contributed by atoms with Crippen molar-refractivity contribution in [3.8, 4) is 5.75 Å². The number of carbonyl (C=O) groups excluding carboxylic acids is 1. The van der Waals surface area contributed by atoms with Crippen molar-refractivity contribution in [3.63, 3.8) is 0 Å². The number of nitrogens with one attached hydrogen (secondary N) is 1. The largest absolute Gasteiger partial charge is 0.593 e. The molecule has 0 radical (unpaired) electrons. The van der Waals surface area contributed by atoms with E-state index in [0.717, 1.165) is 22.5 Å². The summed E-state index contributed by atoms with van der Waals surface area (Å²) in [5, 5.41) is 2.80. The molecule has 6 nitrogen and oxygen atoms in total. The number of para-hydroxylation sites is 1. The van der Waals surface area contributed by atoms with Gasteiger partial charge in [-0.3, -0.25) is 4.79 Å². The van der Waals surface area contributed by atoms with Gasteiger partial charge in [0.25, 0.3) is 5.91 Å². The number of benzene rings is 2. The zero-order chi connectivity index (χ0) is 20.9. The Kier molecular flexibility index (Phi) is 4.67. The molecule has 0 aromatic heterocycles.